The van der Waals surface area contributed by atoms with Gasteiger partial charge in [0, 0.05) is 13.0 Å². The SMILES string of the molecule is CCOC(=O)C1(CN)CC1=O. The number of ether oxygens (including phenoxy) is 1. The van der Waals surface area contributed by atoms with Crippen molar-refractivity contribution in [1.82, 2.24) is 0 Å². The number of hydrogen-bond donors (Lipinski definition) is 1. The molecule has 0 aromatic heterocycles. The minimum Gasteiger partial charge on any atom is -0.465 e. The lowest BCUT2D eigenvalue weighted by Gasteiger charge is -2.07. The Morgan fingerprint density at radius 2 is 2.36 bits per heavy atom. The van der Waals surface area contributed by atoms with Crippen LogP contribution in [-0.4, -0.2) is 24.9 Å². The van der Waals surface area contributed by atoms with E-state index in [1.807, 2.05) is 0 Å². The fraction of sp³-hybridized carbons (Fsp3) is 0.714. The molecule has 1 unspecified atom stereocenters. The number of Topliss-reactive ketones (excluding diaryl/α,β-unsaturated/α-hetero) is 1. The van der Waals surface area contributed by atoms with Crippen LogP contribution in [0.25, 0.3) is 0 Å². The quantitative estimate of drug-likeness (QED) is 0.441. The monoisotopic (exact) mass is 157 g/mol. The Balaban J connectivity index is 2.58. The van der Waals surface area contributed by atoms with Crippen LogP contribution in [0.4, 0.5) is 0 Å². The predicted octanol–water partition coefficient (Wildman–Crippen LogP) is -0.533. The summed E-state index contributed by atoms with van der Waals surface area (Å²) in [6.45, 7) is 2.08. The molecule has 0 saturated heterocycles. The normalized spacial score (nSPS) is 28.4. The molecule has 0 radical (unpaired) electrons. The van der Waals surface area contributed by atoms with Crippen molar-refractivity contribution in [1.29, 1.82) is 0 Å². The van der Waals surface area contributed by atoms with E-state index in [1.165, 1.54) is 0 Å². The van der Waals surface area contributed by atoms with E-state index in [2.05, 4.69) is 0 Å². The van der Waals surface area contributed by atoms with E-state index in [0.717, 1.165) is 0 Å². The summed E-state index contributed by atoms with van der Waals surface area (Å²) < 4.78 is 4.69. The third-order valence-electron chi connectivity index (χ3n) is 1.89. The van der Waals surface area contributed by atoms with Gasteiger partial charge >= 0.3 is 5.97 Å². The van der Waals surface area contributed by atoms with Gasteiger partial charge in [0.15, 0.2) is 5.78 Å². The van der Waals surface area contributed by atoms with Gasteiger partial charge in [0.25, 0.3) is 0 Å². The molecule has 1 fully saturated rings. The van der Waals surface area contributed by atoms with Crippen molar-refractivity contribution >= 4 is 11.8 Å². The molecule has 0 heterocycles. The van der Waals surface area contributed by atoms with E-state index in [9.17, 15) is 9.59 Å². The number of rotatable bonds is 3. The molecule has 0 bridgehead atoms. The van der Waals surface area contributed by atoms with E-state index in [-0.39, 0.29) is 18.7 Å². The van der Waals surface area contributed by atoms with Crippen molar-refractivity contribution in [3.63, 3.8) is 0 Å². The molecule has 0 aliphatic heterocycles. The van der Waals surface area contributed by atoms with Gasteiger partial charge in [-0.1, -0.05) is 0 Å². The van der Waals surface area contributed by atoms with Gasteiger partial charge in [-0.25, -0.2) is 0 Å². The number of carbonyl (C=O) groups is 2. The molecule has 62 valence electrons. The van der Waals surface area contributed by atoms with E-state index in [0.29, 0.717) is 6.61 Å². The Hall–Kier alpha value is -0.900. The van der Waals surface area contributed by atoms with Gasteiger partial charge in [0.05, 0.1) is 6.61 Å². The van der Waals surface area contributed by atoms with Crippen LogP contribution in [0.2, 0.25) is 0 Å². The van der Waals surface area contributed by atoms with E-state index in [4.69, 9.17) is 10.5 Å². The summed E-state index contributed by atoms with van der Waals surface area (Å²) in [7, 11) is 0. The minimum absolute atomic E-state index is 0.0741. The number of carbonyl (C=O) groups excluding carboxylic acids is 2. The Morgan fingerprint density at radius 1 is 1.82 bits per heavy atom. The maximum absolute atomic E-state index is 11.0. The van der Waals surface area contributed by atoms with Crippen molar-refractivity contribution in [3.8, 4) is 0 Å². The minimum atomic E-state index is -0.962. The highest BCUT2D eigenvalue weighted by Crippen LogP contribution is 2.40. The van der Waals surface area contributed by atoms with Gasteiger partial charge in [0.1, 0.15) is 5.41 Å². The number of esters is 1. The fourth-order valence-electron chi connectivity index (χ4n) is 0.954. The van der Waals surface area contributed by atoms with Crippen molar-refractivity contribution < 1.29 is 14.3 Å². The van der Waals surface area contributed by atoms with E-state index < -0.39 is 11.4 Å². The summed E-state index contributed by atoms with van der Waals surface area (Å²) in [6, 6.07) is 0. The lowest BCUT2D eigenvalue weighted by molar-refractivity contribution is -0.150. The first-order chi connectivity index (χ1) is 5.17. The van der Waals surface area contributed by atoms with E-state index in [1.54, 1.807) is 6.92 Å². The summed E-state index contributed by atoms with van der Waals surface area (Å²) in [5.41, 5.74) is 4.31. The largest absolute Gasteiger partial charge is 0.465 e. The second-order valence-corrected chi connectivity index (χ2v) is 2.61. The number of ketones is 1. The van der Waals surface area contributed by atoms with Gasteiger partial charge in [0.2, 0.25) is 0 Å². The lowest BCUT2D eigenvalue weighted by atomic mass is 10.1. The molecule has 1 aliphatic rings. The molecule has 1 aliphatic carbocycles. The lowest BCUT2D eigenvalue weighted by Crippen LogP contribution is -2.29. The molecule has 2 N–H and O–H groups in total. The highest BCUT2D eigenvalue weighted by Gasteiger charge is 2.60. The van der Waals surface area contributed by atoms with Crippen molar-refractivity contribution in [2.24, 2.45) is 11.1 Å². The summed E-state index contributed by atoms with van der Waals surface area (Å²) in [5, 5.41) is 0. The molecule has 0 aromatic rings. The van der Waals surface area contributed by atoms with Crippen molar-refractivity contribution in [3.05, 3.63) is 0 Å². The average Bonchev–Trinajstić information content (AvgIpc) is 2.63. The zero-order chi connectivity index (χ0) is 8.48. The van der Waals surface area contributed by atoms with Gasteiger partial charge in [-0.3, -0.25) is 9.59 Å². The summed E-state index contributed by atoms with van der Waals surface area (Å²) in [4.78, 5) is 21.8. The van der Waals surface area contributed by atoms with Crippen LogP contribution < -0.4 is 5.73 Å². The molecule has 1 saturated carbocycles. The first-order valence-electron chi connectivity index (χ1n) is 3.58. The van der Waals surface area contributed by atoms with Crippen LogP contribution in [0, 0.1) is 5.41 Å². The van der Waals surface area contributed by atoms with Gasteiger partial charge in [-0.2, -0.15) is 0 Å². The summed E-state index contributed by atoms with van der Waals surface area (Å²) in [6.07, 6.45) is 0.252. The van der Waals surface area contributed by atoms with Crippen molar-refractivity contribution in [2.45, 2.75) is 13.3 Å². The second-order valence-electron chi connectivity index (χ2n) is 2.61. The molecule has 1 rings (SSSR count). The molecule has 4 nitrogen and oxygen atoms in total. The molecule has 0 spiro atoms. The Kier molecular flexibility index (Phi) is 1.95. The van der Waals surface area contributed by atoms with E-state index >= 15 is 0 Å². The standard InChI is InChI=1S/C7H11NO3/c1-2-11-6(10)7(4-8)3-5(7)9/h2-4,8H2,1H3. The first-order valence-corrected chi connectivity index (χ1v) is 3.58. The predicted molar refractivity (Wildman–Crippen MR) is 37.7 cm³/mol. The number of nitrogens with two attached hydrogens (primary N) is 1. The van der Waals surface area contributed by atoms with Gasteiger partial charge in [-0.05, 0) is 6.92 Å². The molecule has 11 heavy (non-hydrogen) atoms. The highest BCUT2D eigenvalue weighted by molar-refractivity contribution is 6.17. The Morgan fingerprint density at radius 3 is 2.64 bits per heavy atom. The van der Waals surface area contributed by atoms with Crippen LogP contribution in [0.15, 0.2) is 0 Å². The van der Waals surface area contributed by atoms with Crippen LogP contribution in [0.5, 0.6) is 0 Å². The molecule has 1 atom stereocenters. The summed E-state index contributed by atoms with van der Waals surface area (Å²) in [5.74, 6) is -0.564. The Labute approximate surface area is 64.7 Å². The highest BCUT2D eigenvalue weighted by atomic mass is 16.5. The smallest absolute Gasteiger partial charge is 0.321 e. The van der Waals surface area contributed by atoms with Gasteiger partial charge < -0.3 is 10.5 Å². The van der Waals surface area contributed by atoms with Crippen LogP contribution in [-0.2, 0) is 14.3 Å². The topological polar surface area (TPSA) is 69.4 Å². The first kappa shape index (κ1) is 8.20. The molecular weight excluding hydrogens is 146 g/mol. The molecule has 4 heteroatoms. The Bertz CT molecular complexity index is 202. The van der Waals surface area contributed by atoms with Gasteiger partial charge in [-0.15, -0.1) is 0 Å². The van der Waals surface area contributed by atoms with Crippen molar-refractivity contribution in [2.75, 3.05) is 13.2 Å². The third kappa shape index (κ3) is 1.14. The van der Waals surface area contributed by atoms with Crippen LogP contribution in [0.1, 0.15) is 13.3 Å². The number of hydrogen-bond acceptors (Lipinski definition) is 4. The second kappa shape index (κ2) is 2.62. The molecule has 0 amide bonds. The van der Waals surface area contributed by atoms with Crippen LogP contribution >= 0.6 is 0 Å². The third-order valence-corrected chi connectivity index (χ3v) is 1.89. The molecule has 0 aromatic carbocycles. The zero-order valence-corrected chi connectivity index (χ0v) is 6.42. The maximum Gasteiger partial charge on any atom is 0.321 e. The van der Waals surface area contributed by atoms with Crippen LogP contribution in [0.3, 0.4) is 0 Å². The maximum atomic E-state index is 11.0. The summed E-state index contributed by atoms with van der Waals surface area (Å²) >= 11 is 0. The average molecular weight is 157 g/mol. The fourth-order valence-corrected chi connectivity index (χ4v) is 0.954. The zero-order valence-electron chi connectivity index (χ0n) is 6.42. The molecular formula is C7H11NO3.